The minimum Gasteiger partial charge on any atom is -0.476 e. The van der Waals surface area contributed by atoms with Crippen molar-refractivity contribution < 1.29 is 9.94 Å². The van der Waals surface area contributed by atoms with E-state index in [2.05, 4.69) is 10.1 Å². The molecule has 1 aromatic heterocycles. The molecule has 1 heterocycles. The molecule has 1 aromatic rings. The van der Waals surface area contributed by atoms with Crippen LogP contribution in [0.25, 0.3) is 0 Å². The molecule has 16 heavy (non-hydrogen) atoms. The Labute approximate surface area is 94.3 Å². The van der Waals surface area contributed by atoms with Gasteiger partial charge in [0.25, 0.3) is 0 Å². The summed E-state index contributed by atoms with van der Waals surface area (Å²) >= 11 is 0. The van der Waals surface area contributed by atoms with Gasteiger partial charge in [0.15, 0.2) is 5.84 Å². The number of nitrogens with zero attached hydrogens (tertiary/aromatic N) is 3. The van der Waals surface area contributed by atoms with Crippen LogP contribution >= 0.6 is 0 Å². The van der Waals surface area contributed by atoms with Crippen molar-refractivity contribution in [3.05, 3.63) is 23.9 Å². The topological polar surface area (TPSA) is 84.0 Å². The highest BCUT2D eigenvalue weighted by atomic mass is 16.5. The molecule has 0 aliphatic carbocycles. The van der Waals surface area contributed by atoms with Gasteiger partial charge in [-0.2, -0.15) is 0 Å². The number of hydrogen-bond donors (Lipinski definition) is 2. The molecule has 6 nitrogen and oxygen atoms in total. The summed E-state index contributed by atoms with van der Waals surface area (Å²) in [5.74, 6) is 0.434. The van der Waals surface area contributed by atoms with E-state index in [0.717, 1.165) is 6.54 Å². The Morgan fingerprint density at radius 2 is 2.31 bits per heavy atom. The van der Waals surface area contributed by atoms with Gasteiger partial charge in [-0.15, -0.1) is 0 Å². The monoisotopic (exact) mass is 224 g/mol. The first-order valence-corrected chi connectivity index (χ1v) is 4.86. The lowest BCUT2D eigenvalue weighted by atomic mass is 10.3. The third kappa shape index (κ3) is 3.74. The Balaban J connectivity index is 2.61. The van der Waals surface area contributed by atoms with Gasteiger partial charge < -0.3 is 20.6 Å². The zero-order valence-corrected chi connectivity index (χ0v) is 9.42. The van der Waals surface area contributed by atoms with E-state index in [1.807, 2.05) is 19.0 Å². The minimum absolute atomic E-state index is 0.0296. The van der Waals surface area contributed by atoms with E-state index in [1.54, 1.807) is 18.2 Å². The number of oxime groups is 1. The largest absolute Gasteiger partial charge is 0.476 e. The fourth-order valence-corrected chi connectivity index (χ4v) is 1.02. The molecule has 0 aliphatic rings. The van der Waals surface area contributed by atoms with E-state index in [9.17, 15) is 0 Å². The highest BCUT2D eigenvalue weighted by Crippen LogP contribution is 2.07. The first kappa shape index (κ1) is 12.3. The van der Waals surface area contributed by atoms with Gasteiger partial charge in [-0.25, -0.2) is 4.98 Å². The van der Waals surface area contributed by atoms with Crippen LogP contribution in [0.1, 0.15) is 5.69 Å². The number of likely N-dealkylation sites (N-methyl/N-ethyl adjacent to an activating group) is 1. The molecular weight excluding hydrogens is 208 g/mol. The molecule has 0 atom stereocenters. The summed E-state index contributed by atoms with van der Waals surface area (Å²) in [6.45, 7) is 1.34. The van der Waals surface area contributed by atoms with Crippen molar-refractivity contribution in [2.24, 2.45) is 10.9 Å². The smallest absolute Gasteiger partial charge is 0.213 e. The summed E-state index contributed by atoms with van der Waals surface area (Å²) in [7, 11) is 3.92. The predicted molar refractivity (Wildman–Crippen MR) is 60.8 cm³/mol. The summed E-state index contributed by atoms with van der Waals surface area (Å²) in [5.41, 5.74) is 5.81. The second-order valence-electron chi connectivity index (χ2n) is 3.50. The number of amidine groups is 1. The van der Waals surface area contributed by atoms with E-state index in [0.29, 0.717) is 18.2 Å². The number of ether oxygens (including phenoxy) is 1. The van der Waals surface area contributed by atoms with Crippen LogP contribution in [0.4, 0.5) is 0 Å². The van der Waals surface area contributed by atoms with Crippen molar-refractivity contribution in [2.45, 2.75) is 0 Å². The Bertz CT molecular complexity index is 366. The number of rotatable bonds is 5. The summed E-state index contributed by atoms with van der Waals surface area (Å²) in [4.78, 5) is 6.09. The van der Waals surface area contributed by atoms with Crippen LogP contribution in [0.3, 0.4) is 0 Å². The molecule has 0 saturated carbocycles. The van der Waals surface area contributed by atoms with Crippen molar-refractivity contribution in [1.29, 1.82) is 0 Å². The zero-order valence-electron chi connectivity index (χ0n) is 9.42. The highest BCUT2D eigenvalue weighted by Gasteiger charge is 2.03. The van der Waals surface area contributed by atoms with Crippen LogP contribution in [0.2, 0.25) is 0 Å². The Morgan fingerprint density at radius 1 is 1.56 bits per heavy atom. The van der Waals surface area contributed by atoms with Crippen LogP contribution in [0.5, 0.6) is 5.88 Å². The molecule has 3 N–H and O–H groups in total. The third-order valence-corrected chi connectivity index (χ3v) is 1.88. The number of hydrogen-bond acceptors (Lipinski definition) is 5. The van der Waals surface area contributed by atoms with Crippen LogP contribution in [0, 0.1) is 0 Å². The van der Waals surface area contributed by atoms with Gasteiger partial charge in [0, 0.05) is 12.6 Å². The molecule has 6 heteroatoms. The van der Waals surface area contributed by atoms with Gasteiger partial charge in [-0.05, 0) is 20.2 Å². The lowest BCUT2D eigenvalue weighted by Crippen LogP contribution is -2.20. The standard InChI is InChI=1S/C10H16N4O2/c1-14(2)6-7-16-9-5-3-4-8(12-9)10(11)13-15/h3-5,15H,6-7H2,1-2H3,(H2,11,13). The summed E-state index contributed by atoms with van der Waals surface area (Å²) < 4.78 is 5.41. The molecule has 0 aromatic carbocycles. The molecule has 0 amide bonds. The normalized spacial score (nSPS) is 11.8. The lowest BCUT2D eigenvalue weighted by Gasteiger charge is -2.10. The molecule has 0 fully saturated rings. The Morgan fingerprint density at radius 3 is 2.94 bits per heavy atom. The molecule has 1 rings (SSSR count). The quantitative estimate of drug-likeness (QED) is 0.321. The first-order chi connectivity index (χ1) is 7.63. The average molecular weight is 224 g/mol. The molecule has 0 spiro atoms. The SMILES string of the molecule is CN(C)CCOc1cccc(C(N)=NO)n1. The van der Waals surface area contributed by atoms with Crippen molar-refractivity contribution in [2.75, 3.05) is 27.2 Å². The fourth-order valence-electron chi connectivity index (χ4n) is 1.02. The molecule has 88 valence electrons. The van der Waals surface area contributed by atoms with E-state index in [-0.39, 0.29) is 5.84 Å². The van der Waals surface area contributed by atoms with Crippen molar-refractivity contribution in [3.63, 3.8) is 0 Å². The fraction of sp³-hybridized carbons (Fsp3) is 0.400. The third-order valence-electron chi connectivity index (χ3n) is 1.88. The van der Waals surface area contributed by atoms with Crippen molar-refractivity contribution in [3.8, 4) is 5.88 Å². The maximum atomic E-state index is 8.50. The van der Waals surface area contributed by atoms with Crippen LogP contribution in [0.15, 0.2) is 23.4 Å². The lowest BCUT2D eigenvalue weighted by molar-refractivity contribution is 0.253. The maximum Gasteiger partial charge on any atom is 0.213 e. The minimum atomic E-state index is -0.0296. The number of pyridine rings is 1. The average Bonchev–Trinajstić information content (AvgIpc) is 2.28. The van der Waals surface area contributed by atoms with E-state index >= 15 is 0 Å². The molecule has 0 aliphatic heterocycles. The molecular formula is C10H16N4O2. The van der Waals surface area contributed by atoms with Gasteiger partial charge in [0.05, 0.1) is 0 Å². The van der Waals surface area contributed by atoms with Crippen LogP contribution < -0.4 is 10.5 Å². The molecule has 0 radical (unpaired) electrons. The number of aromatic nitrogens is 1. The van der Waals surface area contributed by atoms with Crippen molar-refractivity contribution in [1.82, 2.24) is 9.88 Å². The van der Waals surface area contributed by atoms with Crippen LogP contribution in [-0.2, 0) is 0 Å². The van der Waals surface area contributed by atoms with E-state index < -0.39 is 0 Å². The van der Waals surface area contributed by atoms with Crippen molar-refractivity contribution >= 4 is 5.84 Å². The molecule has 0 saturated heterocycles. The van der Waals surface area contributed by atoms with Gasteiger partial charge in [0.2, 0.25) is 5.88 Å². The predicted octanol–water partition coefficient (Wildman–Crippen LogP) is 0.116. The zero-order chi connectivity index (χ0) is 12.0. The molecule has 0 unspecified atom stereocenters. The van der Waals surface area contributed by atoms with E-state index in [1.165, 1.54) is 0 Å². The van der Waals surface area contributed by atoms with Gasteiger partial charge >= 0.3 is 0 Å². The van der Waals surface area contributed by atoms with Gasteiger partial charge in [-0.1, -0.05) is 11.2 Å². The Kier molecular flexibility index (Phi) is 4.53. The van der Waals surface area contributed by atoms with E-state index in [4.69, 9.17) is 15.7 Å². The maximum absolute atomic E-state index is 8.50. The van der Waals surface area contributed by atoms with Crippen LogP contribution in [-0.4, -0.2) is 48.2 Å². The second kappa shape index (κ2) is 5.92. The van der Waals surface area contributed by atoms with Gasteiger partial charge in [-0.3, -0.25) is 0 Å². The summed E-state index contributed by atoms with van der Waals surface area (Å²) in [5, 5.41) is 11.4. The first-order valence-electron chi connectivity index (χ1n) is 4.86. The van der Waals surface area contributed by atoms with Gasteiger partial charge in [0.1, 0.15) is 12.3 Å². The summed E-state index contributed by atoms with van der Waals surface area (Å²) in [6, 6.07) is 5.11. The summed E-state index contributed by atoms with van der Waals surface area (Å²) in [6.07, 6.45) is 0. The Hall–Kier alpha value is -1.82. The molecule has 0 bridgehead atoms. The number of nitrogens with two attached hydrogens (primary N) is 1. The second-order valence-corrected chi connectivity index (χ2v) is 3.50. The highest BCUT2D eigenvalue weighted by molar-refractivity contribution is 5.95.